The molecule has 10 heteroatoms. The highest BCUT2D eigenvalue weighted by molar-refractivity contribution is 6.47. The second-order valence-corrected chi connectivity index (χ2v) is 5.98. The van der Waals surface area contributed by atoms with Crippen molar-refractivity contribution in [1.29, 1.82) is 0 Å². The predicted molar refractivity (Wildman–Crippen MR) is 106 cm³/mol. The number of ether oxygens (including phenoxy) is 1. The van der Waals surface area contributed by atoms with Crippen LogP contribution in [0.1, 0.15) is 30.9 Å². The zero-order valence-corrected chi connectivity index (χ0v) is 16.0. The van der Waals surface area contributed by atoms with E-state index in [1.165, 1.54) is 7.11 Å². The molecule has 0 amide bonds. The third kappa shape index (κ3) is 6.38. The Morgan fingerprint density at radius 1 is 1.24 bits per heavy atom. The van der Waals surface area contributed by atoms with Gasteiger partial charge in [0.05, 0.1) is 20.1 Å². The van der Waals surface area contributed by atoms with Crippen molar-refractivity contribution < 1.29 is 24.2 Å². The van der Waals surface area contributed by atoms with Gasteiger partial charge in [-0.2, -0.15) is 4.98 Å². The molecular weight excluding hydrogens is 378 g/mol. The van der Waals surface area contributed by atoms with Crippen LogP contribution in [0, 0.1) is 0 Å². The Bertz CT molecular complexity index is 954. The van der Waals surface area contributed by atoms with Crippen molar-refractivity contribution in [3.05, 3.63) is 41.6 Å². The van der Waals surface area contributed by atoms with Crippen LogP contribution in [0.5, 0.6) is 0 Å². The first-order valence-corrected chi connectivity index (χ1v) is 8.63. The van der Waals surface area contributed by atoms with Gasteiger partial charge in [-0.3, -0.25) is 19.4 Å². The van der Waals surface area contributed by atoms with Crippen LogP contribution in [0.3, 0.4) is 0 Å². The third-order valence-corrected chi connectivity index (χ3v) is 3.77. The van der Waals surface area contributed by atoms with E-state index in [9.17, 15) is 9.59 Å². The van der Waals surface area contributed by atoms with E-state index >= 15 is 0 Å². The fourth-order valence-corrected chi connectivity index (χ4v) is 2.53. The first-order valence-electron chi connectivity index (χ1n) is 8.63. The number of carboxylic acids is 1. The largest absolute Gasteiger partial charge is 0.481 e. The molecule has 0 aliphatic carbocycles. The van der Waals surface area contributed by atoms with Gasteiger partial charge in [0.15, 0.2) is 5.78 Å². The lowest BCUT2D eigenvalue weighted by molar-refractivity contribution is -0.141. The molecule has 10 nitrogen and oxygen atoms in total. The van der Waals surface area contributed by atoms with Gasteiger partial charge in [0, 0.05) is 30.8 Å². The molecular formula is C19H21N5O5. The number of carboxylic acid groups (broad SMARTS) is 1. The number of Topliss-reactive ketones (excluding diaryl/α,β-unsaturated/α-hetero) is 1. The number of nitrogens with one attached hydrogen (secondary N) is 1. The van der Waals surface area contributed by atoms with E-state index < -0.39 is 11.9 Å². The highest BCUT2D eigenvalue weighted by Gasteiger charge is 2.23. The number of ketones is 1. The van der Waals surface area contributed by atoms with E-state index in [0.29, 0.717) is 18.1 Å². The molecule has 2 aromatic rings. The summed E-state index contributed by atoms with van der Waals surface area (Å²) in [6.07, 6.45) is 1.67. The normalized spacial score (nSPS) is 11.4. The second-order valence-electron chi connectivity index (χ2n) is 5.98. The number of hydrogen-bond donors (Lipinski definition) is 3. The van der Waals surface area contributed by atoms with Crippen LogP contribution >= 0.6 is 0 Å². The van der Waals surface area contributed by atoms with Crippen LogP contribution in [0.25, 0.3) is 0 Å². The van der Waals surface area contributed by atoms with Gasteiger partial charge in [-0.25, -0.2) is 4.98 Å². The Balaban J connectivity index is 0.000000687. The number of benzene rings is 1. The number of esters is 1. The van der Waals surface area contributed by atoms with Crippen molar-refractivity contribution >= 4 is 40.9 Å². The quantitative estimate of drug-likeness (QED) is 0.615. The Labute approximate surface area is 166 Å². The smallest absolute Gasteiger partial charge is 0.305 e. The summed E-state index contributed by atoms with van der Waals surface area (Å²) in [5, 5.41) is 10.5. The van der Waals surface area contributed by atoms with Crippen LogP contribution in [0.4, 0.5) is 17.5 Å². The van der Waals surface area contributed by atoms with Crippen molar-refractivity contribution in [2.75, 3.05) is 18.2 Å². The van der Waals surface area contributed by atoms with Gasteiger partial charge in [0.1, 0.15) is 11.5 Å². The molecule has 0 saturated heterocycles. The van der Waals surface area contributed by atoms with E-state index in [-0.39, 0.29) is 24.6 Å². The monoisotopic (exact) mass is 399 g/mol. The maximum Gasteiger partial charge on any atom is 0.305 e. The molecule has 1 aromatic heterocycles. The van der Waals surface area contributed by atoms with Gasteiger partial charge in [-0.05, 0) is 23.8 Å². The number of hydrogen-bond acceptors (Lipinski definition) is 9. The van der Waals surface area contributed by atoms with Gasteiger partial charge < -0.3 is 20.9 Å². The number of aliphatic imine (C=N–C) groups is 1. The third-order valence-electron chi connectivity index (χ3n) is 3.77. The van der Waals surface area contributed by atoms with Gasteiger partial charge in [0.25, 0.3) is 5.97 Å². The van der Waals surface area contributed by atoms with Crippen LogP contribution in [-0.4, -0.2) is 45.6 Å². The van der Waals surface area contributed by atoms with Crippen LogP contribution < -0.4 is 11.1 Å². The zero-order valence-electron chi connectivity index (χ0n) is 16.0. The van der Waals surface area contributed by atoms with Gasteiger partial charge in [0.2, 0.25) is 5.95 Å². The number of aliphatic carboxylic acids is 1. The fraction of sp³-hybridized carbons (Fsp3) is 0.263. The highest BCUT2D eigenvalue weighted by Crippen LogP contribution is 2.25. The van der Waals surface area contributed by atoms with Crippen molar-refractivity contribution in [3.63, 3.8) is 0 Å². The number of nitrogen functional groups attached to an aromatic ring is 1. The van der Waals surface area contributed by atoms with Gasteiger partial charge >= 0.3 is 5.97 Å². The molecule has 1 aliphatic heterocycles. The lowest BCUT2D eigenvalue weighted by atomic mass is 10.00. The van der Waals surface area contributed by atoms with Gasteiger partial charge in [-0.1, -0.05) is 6.07 Å². The second kappa shape index (κ2) is 9.93. The summed E-state index contributed by atoms with van der Waals surface area (Å²) in [5.41, 5.74) is 8.45. The number of nitrogens with two attached hydrogens (primary N) is 1. The van der Waals surface area contributed by atoms with Crippen molar-refractivity contribution in [2.24, 2.45) is 4.99 Å². The van der Waals surface area contributed by atoms with E-state index in [2.05, 4.69) is 25.0 Å². The number of aromatic nitrogens is 2. The topological polar surface area (TPSA) is 157 Å². The molecule has 0 fully saturated rings. The van der Waals surface area contributed by atoms with E-state index in [4.69, 9.17) is 15.6 Å². The molecule has 0 bridgehead atoms. The summed E-state index contributed by atoms with van der Waals surface area (Å²) in [4.78, 5) is 44.8. The number of rotatable bonds is 6. The van der Waals surface area contributed by atoms with Gasteiger partial charge in [-0.15, -0.1) is 0 Å². The van der Waals surface area contributed by atoms with Crippen molar-refractivity contribution in [2.45, 2.75) is 26.3 Å². The standard InChI is InChI=1S/C17H17N5O3.C2H4O2/c1-25-15(24)5-4-13(23)16-12-8-11(3-2-10(12)9-20-16)21-14-6-7-19-17(18)22-14;1-2(3)4/h2-3,6-8H,4-5,9H2,1H3,(H3,18,19,21,22);1H3,(H,3,4). The van der Waals surface area contributed by atoms with E-state index in [1.807, 2.05) is 18.2 Å². The molecule has 3 rings (SSSR count). The molecule has 0 atom stereocenters. The molecule has 0 unspecified atom stereocenters. The molecule has 4 N–H and O–H groups in total. The number of nitrogens with zero attached hydrogens (tertiary/aromatic N) is 3. The molecule has 2 heterocycles. The summed E-state index contributed by atoms with van der Waals surface area (Å²) >= 11 is 0. The summed E-state index contributed by atoms with van der Waals surface area (Å²) < 4.78 is 4.56. The number of anilines is 3. The number of carbonyl (C=O) groups is 3. The highest BCUT2D eigenvalue weighted by atomic mass is 16.5. The summed E-state index contributed by atoms with van der Waals surface area (Å²) in [6.45, 7) is 1.54. The summed E-state index contributed by atoms with van der Waals surface area (Å²) in [7, 11) is 1.30. The summed E-state index contributed by atoms with van der Waals surface area (Å²) in [5.74, 6) is -0.691. The lowest BCUT2D eigenvalue weighted by Crippen LogP contribution is -2.16. The van der Waals surface area contributed by atoms with Crippen LogP contribution in [0.2, 0.25) is 0 Å². The molecule has 152 valence electrons. The van der Waals surface area contributed by atoms with E-state index in [0.717, 1.165) is 23.7 Å². The molecule has 1 aliphatic rings. The minimum Gasteiger partial charge on any atom is -0.481 e. The molecule has 0 radical (unpaired) electrons. The number of carbonyl (C=O) groups excluding carboxylic acids is 2. The Morgan fingerprint density at radius 2 is 1.97 bits per heavy atom. The van der Waals surface area contributed by atoms with Crippen molar-refractivity contribution in [3.8, 4) is 0 Å². The average Bonchev–Trinajstić information content (AvgIpc) is 3.08. The van der Waals surface area contributed by atoms with Crippen LogP contribution in [-0.2, 0) is 25.7 Å². The maximum absolute atomic E-state index is 12.3. The fourth-order valence-electron chi connectivity index (χ4n) is 2.53. The first-order chi connectivity index (χ1) is 13.8. The van der Waals surface area contributed by atoms with Crippen molar-refractivity contribution in [1.82, 2.24) is 9.97 Å². The first kappa shape index (κ1) is 21.5. The average molecular weight is 399 g/mol. The molecule has 1 aromatic carbocycles. The maximum atomic E-state index is 12.3. The van der Waals surface area contributed by atoms with E-state index in [1.54, 1.807) is 12.3 Å². The Kier molecular flexibility index (Phi) is 7.35. The lowest BCUT2D eigenvalue weighted by Gasteiger charge is -2.09. The zero-order chi connectivity index (χ0) is 21.4. The molecule has 0 spiro atoms. The predicted octanol–water partition coefficient (Wildman–Crippen LogP) is 1.72. The minimum atomic E-state index is -0.833. The summed E-state index contributed by atoms with van der Waals surface area (Å²) in [6, 6.07) is 7.33. The SMILES string of the molecule is CC(=O)O.COC(=O)CCC(=O)C1=NCc2ccc(Nc3ccnc(N)n3)cc21. The van der Waals surface area contributed by atoms with Crippen LogP contribution in [0.15, 0.2) is 35.5 Å². The molecule has 29 heavy (non-hydrogen) atoms. The number of methoxy groups -OCH3 is 1. The Hall–Kier alpha value is -3.82. The Morgan fingerprint density at radius 3 is 2.62 bits per heavy atom. The molecule has 0 saturated carbocycles. The number of fused-ring (bicyclic) bond motifs is 1. The minimum absolute atomic E-state index is 0.0435.